The van der Waals surface area contributed by atoms with Crippen molar-refractivity contribution in [2.75, 3.05) is 5.32 Å². The van der Waals surface area contributed by atoms with Crippen LogP contribution in [-0.2, 0) is 9.59 Å². The van der Waals surface area contributed by atoms with Crippen LogP contribution in [0, 0.1) is 15.5 Å². The fraction of sp³-hybridized carbons (Fsp3) is 0.333. The smallest absolute Gasteiger partial charge is 0.309 e. The maximum atomic E-state index is 11.7. The lowest BCUT2D eigenvalue weighted by molar-refractivity contribution is -0.383. The highest BCUT2D eigenvalue weighted by Crippen LogP contribution is 2.25. The number of para-hydroxylation sites is 2. The van der Waals surface area contributed by atoms with Gasteiger partial charge >= 0.3 is 5.97 Å². The van der Waals surface area contributed by atoms with Crippen molar-refractivity contribution in [3.8, 4) is 0 Å². The molecule has 0 atom stereocenters. The Morgan fingerprint density at radius 1 is 1.37 bits per heavy atom. The van der Waals surface area contributed by atoms with Crippen LogP contribution in [0.15, 0.2) is 24.3 Å². The van der Waals surface area contributed by atoms with E-state index in [1.807, 2.05) is 0 Å². The highest BCUT2D eigenvalue weighted by Gasteiger charge is 2.30. The van der Waals surface area contributed by atoms with E-state index in [9.17, 15) is 19.7 Å². The van der Waals surface area contributed by atoms with E-state index in [0.717, 1.165) is 0 Å². The Labute approximate surface area is 109 Å². The molecule has 0 fully saturated rings. The number of carbonyl (C=O) groups excluding carboxylic acids is 1. The molecule has 0 radical (unpaired) electrons. The van der Waals surface area contributed by atoms with Gasteiger partial charge in [-0.2, -0.15) is 0 Å². The Morgan fingerprint density at radius 3 is 2.47 bits per heavy atom. The third-order valence-electron chi connectivity index (χ3n) is 2.56. The molecule has 0 aliphatic rings. The molecule has 0 aliphatic heterocycles. The monoisotopic (exact) mass is 266 g/mol. The predicted octanol–water partition coefficient (Wildman–Crippen LogP) is 2.03. The number of carboxylic acids is 1. The summed E-state index contributed by atoms with van der Waals surface area (Å²) in [6.45, 7) is 2.82. The van der Waals surface area contributed by atoms with Crippen molar-refractivity contribution >= 4 is 23.3 Å². The molecule has 1 amide bonds. The van der Waals surface area contributed by atoms with Crippen LogP contribution in [-0.4, -0.2) is 21.9 Å². The van der Waals surface area contributed by atoms with Crippen LogP contribution >= 0.6 is 0 Å². The van der Waals surface area contributed by atoms with Crippen molar-refractivity contribution in [3.05, 3.63) is 34.4 Å². The number of anilines is 1. The summed E-state index contributed by atoms with van der Waals surface area (Å²) in [6.07, 6.45) is -0.269. The summed E-state index contributed by atoms with van der Waals surface area (Å²) in [7, 11) is 0. The number of benzene rings is 1. The first-order valence-corrected chi connectivity index (χ1v) is 5.51. The Morgan fingerprint density at radius 2 is 1.95 bits per heavy atom. The average Bonchev–Trinajstić information content (AvgIpc) is 2.28. The summed E-state index contributed by atoms with van der Waals surface area (Å²) >= 11 is 0. The van der Waals surface area contributed by atoms with Gasteiger partial charge in [0.1, 0.15) is 5.69 Å². The van der Waals surface area contributed by atoms with Gasteiger partial charge in [-0.15, -0.1) is 0 Å². The molecular formula is C12H14N2O5. The van der Waals surface area contributed by atoms with E-state index in [4.69, 9.17) is 5.11 Å². The lowest BCUT2D eigenvalue weighted by Crippen LogP contribution is -2.29. The summed E-state index contributed by atoms with van der Waals surface area (Å²) in [4.78, 5) is 32.7. The summed E-state index contributed by atoms with van der Waals surface area (Å²) in [5.74, 6) is -1.69. The van der Waals surface area contributed by atoms with E-state index in [0.29, 0.717) is 0 Å². The molecule has 1 rings (SSSR count). The summed E-state index contributed by atoms with van der Waals surface area (Å²) in [5, 5.41) is 22.0. The minimum absolute atomic E-state index is 0.0543. The number of aliphatic carboxylic acids is 1. The Hall–Kier alpha value is -2.44. The second-order valence-corrected chi connectivity index (χ2v) is 4.69. The molecule has 7 nitrogen and oxygen atoms in total. The van der Waals surface area contributed by atoms with Crippen LogP contribution in [0.3, 0.4) is 0 Å². The van der Waals surface area contributed by atoms with Gasteiger partial charge in [-0.3, -0.25) is 19.7 Å². The Balaban J connectivity index is 2.84. The van der Waals surface area contributed by atoms with Gasteiger partial charge in [0.05, 0.1) is 10.3 Å². The largest absolute Gasteiger partial charge is 0.481 e. The van der Waals surface area contributed by atoms with Gasteiger partial charge in [0, 0.05) is 12.5 Å². The first-order chi connectivity index (χ1) is 8.74. The summed E-state index contributed by atoms with van der Waals surface area (Å²) in [6, 6.07) is 5.68. The van der Waals surface area contributed by atoms with Gasteiger partial charge in [0.2, 0.25) is 5.91 Å². The molecule has 0 unspecified atom stereocenters. The van der Waals surface area contributed by atoms with Crippen molar-refractivity contribution < 1.29 is 19.6 Å². The van der Waals surface area contributed by atoms with Crippen LogP contribution in [0.4, 0.5) is 11.4 Å². The minimum Gasteiger partial charge on any atom is -0.481 e. The quantitative estimate of drug-likeness (QED) is 0.626. The Bertz CT molecular complexity index is 525. The number of rotatable bonds is 5. The second-order valence-electron chi connectivity index (χ2n) is 4.69. The van der Waals surface area contributed by atoms with Gasteiger partial charge in [-0.05, 0) is 19.9 Å². The number of carbonyl (C=O) groups is 2. The first-order valence-electron chi connectivity index (χ1n) is 5.51. The van der Waals surface area contributed by atoms with E-state index >= 15 is 0 Å². The third-order valence-corrected chi connectivity index (χ3v) is 2.56. The maximum absolute atomic E-state index is 11.7. The van der Waals surface area contributed by atoms with Crippen molar-refractivity contribution in [1.29, 1.82) is 0 Å². The van der Waals surface area contributed by atoms with Crippen LogP contribution in [0.2, 0.25) is 0 Å². The van der Waals surface area contributed by atoms with Crippen molar-refractivity contribution in [2.45, 2.75) is 20.3 Å². The molecule has 0 spiro atoms. The van der Waals surface area contributed by atoms with Crippen LogP contribution in [0.25, 0.3) is 0 Å². The van der Waals surface area contributed by atoms with Crippen LogP contribution in [0.5, 0.6) is 0 Å². The molecule has 0 aliphatic carbocycles. The van der Waals surface area contributed by atoms with Gasteiger partial charge in [-0.1, -0.05) is 12.1 Å². The molecule has 0 bridgehead atoms. The predicted molar refractivity (Wildman–Crippen MR) is 67.8 cm³/mol. The van der Waals surface area contributed by atoms with E-state index in [-0.39, 0.29) is 17.8 Å². The molecule has 1 aromatic rings. The fourth-order valence-electron chi connectivity index (χ4n) is 1.41. The molecule has 0 heterocycles. The van der Waals surface area contributed by atoms with Crippen molar-refractivity contribution in [2.24, 2.45) is 5.41 Å². The van der Waals surface area contributed by atoms with Gasteiger partial charge < -0.3 is 10.4 Å². The van der Waals surface area contributed by atoms with E-state index in [1.165, 1.54) is 32.0 Å². The zero-order valence-electron chi connectivity index (χ0n) is 10.5. The maximum Gasteiger partial charge on any atom is 0.309 e. The van der Waals surface area contributed by atoms with Gasteiger partial charge in [0.15, 0.2) is 0 Å². The number of nitro benzene ring substituents is 1. The molecule has 0 saturated heterocycles. The van der Waals surface area contributed by atoms with Gasteiger partial charge in [0.25, 0.3) is 5.69 Å². The number of hydrogen-bond acceptors (Lipinski definition) is 4. The first kappa shape index (κ1) is 14.6. The standard InChI is InChI=1S/C12H14N2O5/c1-12(2,11(16)17)7-10(15)13-8-5-3-4-6-9(8)14(18)19/h3-6H,7H2,1-2H3,(H,13,15)(H,16,17). The number of carboxylic acid groups (broad SMARTS) is 1. The molecular weight excluding hydrogens is 252 g/mol. The number of hydrogen-bond donors (Lipinski definition) is 2. The number of nitrogens with one attached hydrogen (secondary N) is 1. The van der Waals surface area contributed by atoms with E-state index in [1.54, 1.807) is 6.07 Å². The topological polar surface area (TPSA) is 110 Å². The molecule has 0 saturated carbocycles. The van der Waals surface area contributed by atoms with E-state index in [2.05, 4.69) is 5.32 Å². The van der Waals surface area contributed by atoms with Crippen LogP contribution < -0.4 is 5.32 Å². The molecule has 7 heteroatoms. The number of nitrogens with zero attached hydrogens (tertiary/aromatic N) is 1. The molecule has 19 heavy (non-hydrogen) atoms. The highest BCUT2D eigenvalue weighted by molar-refractivity contribution is 5.95. The second kappa shape index (κ2) is 5.47. The zero-order chi connectivity index (χ0) is 14.6. The molecule has 1 aromatic carbocycles. The molecule has 2 N–H and O–H groups in total. The lowest BCUT2D eigenvalue weighted by atomic mass is 9.89. The Kier molecular flexibility index (Phi) is 4.21. The number of nitro groups is 1. The summed E-state index contributed by atoms with van der Waals surface area (Å²) in [5.41, 5.74) is -1.41. The minimum atomic E-state index is -1.23. The SMILES string of the molecule is CC(C)(CC(=O)Nc1ccccc1[N+](=O)[O-])C(=O)O. The molecule has 0 aromatic heterocycles. The normalized spacial score (nSPS) is 10.8. The number of amides is 1. The van der Waals surface area contributed by atoms with Crippen molar-refractivity contribution in [1.82, 2.24) is 0 Å². The average molecular weight is 266 g/mol. The molecule has 102 valence electrons. The zero-order valence-corrected chi connectivity index (χ0v) is 10.5. The van der Waals surface area contributed by atoms with Crippen LogP contribution in [0.1, 0.15) is 20.3 Å². The highest BCUT2D eigenvalue weighted by atomic mass is 16.6. The summed E-state index contributed by atoms with van der Waals surface area (Å²) < 4.78 is 0. The lowest BCUT2D eigenvalue weighted by Gasteiger charge is -2.18. The van der Waals surface area contributed by atoms with E-state index < -0.39 is 22.2 Å². The van der Waals surface area contributed by atoms with Crippen molar-refractivity contribution in [3.63, 3.8) is 0 Å². The fourth-order valence-corrected chi connectivity index (χ4v) is 1.41. The van der Waals surface area contributed by atoms with Gasteiger partial charge in [-0.25, -0.2) is 0 Å². The third kappa shape index (κ3) is 3.77.